The molecule has 1 N–H and O–H groups in total. The van der Waals surface area contributed by atoms with Crippen molar-refractivity contribution in [2.75, 3.05) is 20.1 Å². The maximum atomic E-state index is 12.6. The molecule has 1 amide bonds. The number of nitrogens with one attached hydrogen (secondary N) is 1. The van der Waals surface area contributed by atoms with Crippen molar-refractivity contribution < 1.29 is 4.79 Å². The molecule has 0 spiro atoms. The second-order valence-corrected chi connectivity index (χ2v) is 6.73. The number of likely N-dealkylation sites (tertiary alicyclic amines) is 1. The largest absolute Gasteiger partial charge is 0.347 e. The molecule has 22 heavy (non-hydrogen) atoms. The summed E-state index contributed by atoms with van der Waals surface area (Å²) in [6.45, 7) is 6.28. The van der Waals surface area contributed by atoms with Gasteiger partial charge in [-0.25, -0.2) is 4.98 Å². The van der Waals surface area contributed by atoms with Crippen molar-refractivity contribution in [1.82, 2.24) is 19.8 Å². The number of carbonyl (C=O) groups is 1. The highest BCUT2D eigenvalue weighted by Crippen LogP contribution is 2.28. The number of amides is 1. The minimum absolute atomic E-state index is 0.0182. The molecule has 0 saturated carbocycles. The van der Waals surface area contributed by atoms with Gasteiger partial charge in [-0.3, -0.25) is 4.79 Å². The van der Waals surface area contributed by atoms with E-state index in [-0.39, 0.29) is 17.4 Å². The number of benzene rings is 1. The van der Waals surface area contributed by atoms with Gasteiger partial charge in [0.05, 0.1) is 6.33 Å². The molecule has 1 aromatic heterocycles. The van der Waals surface area contributed by atoms with E-state index in [1.807, 2.05) is 35.0 Å². The molecule has 5 nitrogen and oxygen atoms in total. The van der Waals surface area contributed by atoms with Crippen molar-refractivity contribution in [1.29, 1.82) is 0 Å². The normalized spacial score (nSPS) is 21.0. The standard InChI is InChI=1S/C17H22N4O/c1-17(2)11-20(3)10-15(17)19-16(22)13-5-4-6-14(9-13)21-8-7-18-12-21/h4-9,12,15H,10-11H2,1-3H3,(H,19,22). The second kappa shape index (κ2) is 5.57. The van der Waals surface area contributed by atoms with E-state index < -0.39 is 0 Å². The van der Waals surface area contributed by atoms with Crippen LogP contribution in [0.15, 0.2) is 43.0 Å². The maximum Gasteiger partial charge on any atom is 0.251 e. The highest BCUT2D eigenvalue weighted by molar-refractivity contribution is 5.95. The van der Waals surface area contributed by atoms with E-state index >= 15 is 0 Å². The number of hydrogen-bond acceptors (Lipinski definition) is 3. The Kier molecular flexibility index (Phi) is 3.74. The lowest BCUT2D eigenvalue weighted by Crippen LogP contribution is -2.44. The van der Waals surface area contributed by atoms with Gasteiger partial charge in [0.1, 0.15) is 0 Å². The smallest absolute Gasteiger partial charge is 0.251 e. The molecule has 0 bridgehead atoms. The first kappa shape index (κ1) is 14.8. The third-order valence-electron chi connectivity index (χ3n) is 4.33. The summed E-state index contributed by atoms with van der Waals surface area (Å²) in [5, 5.41) is 3.18. The molecule has 1 saturated heterocycles. The van der Waals surface area contributed by atoms with E-state index in [1.165, 1.54) is 0 Å². The summed E-state index contributed by atoms with van der Waals surface area (Å²) in [4.78, 5) is 18.9. The summed E-state index contributed by atoms with van der Waals surface area (Å²) in [5.74, 6) is -0.0182. The van der Waals surface area contributed by atoms with Gasteiger partial charge in [0.15, 0.2) is 0 Å². The highest BCUT2D eigenvalue weighted by atomic mass is 16.1. The molecule has 1 aromatic carbocycles. The van der Waals surface area contributed by atoms with Crippen molar-refractivity contribution in [3.05, 3.63) is 48.5 Å². The summed E-state index contributed by atoms with van der Waals surface area (Å²) in [6.07, 6.45) is 5.32. The number of hydrogen-bond donors (Lipinski definition) is 1. The number of nitrogens with zero attached hydrogens (tertiary/aromatic N) is 3. The molecular formula is C17H22N4O. The number of rotatable bonds is 3. The Morgan fingerprint density at radius 1 is 1.41 bits per heavy atom. The van der Waals surface area contributed by atoms with E-state index in [0.29, 0.717) is 5.56 Å². The number of likely N-dealkylation sites (N-methyl/N-ethyl adjacent to an activating group) is 1. The minimum Gasteiger partial charge on any atom is -0.347 e. The Hall–Kier alpha value is -2.14. The molecule has 116 valence electrons. The van der Waals surface area contributed by atoms with Gasteiger partial charge < -0.3 is 14.8 Å². The molecule has 1 unspecified atom stereocenters. The first-order valence-electron chi connectivity index (χ1n) is 7.53. The predicted octanol–water partition coefficient (Wildman–Crippen LogP) is 1.94. The third kappa shape index (κ3) is 2.90. The van der Waals surface area contributed by atoms with Crippen LogP contribution in [0, 0.1) is 5.41 Å². The van der Waals surface area contributed by atoms with Crippen LogP contribution in [0.2, 0.25) is 0 Å². The molecule has 3 rings (SSSR count). The molecule has 1 aliphatic heterocycles. The van der Waals surface area contributed by atoms with E-state index in [9.17, 15) is 4.79 Å². The zero-order valence-corrected chi connectivity index (χ0v) is 13.3. The van der Waals surface area contributed by atoms with Gasteiger partial charge in [0.2, 0.25) is 0 Å². The monoisotopic (exact) mass is 298 g/mol. The van der Waals surface area contributed by atoms with Gasteiger partial charge in [-0.05, 0) is 30.7 Å². The van der Waals surface area contributed by atoms with Gasteiger partial charge in [-0.2, -0.15) is 0 Å². The molecule has 1 fully saturated rings. The molecular weight excluding hydrogens is 276 g/mol. The van der Waals surface area contributed by atoms with Crippen LogP contribution >= 0.6 is 0 Å². The first-order chi connectivity index (χ1) is 10.5. The molecule has 2 heterocycles. The summed E-state index contributed by atoms with van der Waals surface area (Å²) < 4.78 is 1.89. The first-order valence-corrected chi connectivity index (χ1v) is 7.53. The van der Waals surface area contributed by atoms with Gasteiger partial charge in [0.25, 0.3) is 5.91 Å². The molecule has 0 aliphatic carbocycles. The Morgan fingerprint density at radius 3 is 2.86 bits per heavy atom. The summed E-state index contributed by atoms with van der Waals surface area (Å²) in [7, 11) is 2.09. The number of carbonyl (C=O) groups excluding carboxylic acids is 1. The van der Waals surface area contributed by atoms with E-state index in [0.717, 1.165) is 18.8 Å². The zero-order valence-electron chi connectivity index (χ0n) is 13.3. The van der Waals surface area contributed by atoms with Crippen molar-refractivity contribution in [2.45, 2.75) is 19.9 Å². The van der Waals surface area contributed by atoms with E-state index in [1.54, 1.807) is 12.5 Å². The van der Waals surface area contributed by atoms with Crippen LogP contribution in [0.5, 0.6) is 0 Å². The van der Waals surface area contributed by atoms with Crippen molar-refractivity contribution >= 4 is 5.91 Å². The lowest BCUT2D eigenvalue weighted by atomic mass is 9.87. The van der Waals surface area contributed by atoms with Crippen LogP contribution in [0.25, 0.3) is 5.69 Å². The predicted molar refractivity (Wildman–Crippen MR) is 86.1 cm³/mol. The quantitative estimate of drug-likeness (QED) is 0.942. The Balaban J connectivity index is 1.77. The number of imidazole rings is 1. The second-order valence-electron chi connectivity index (χ2n) is 6.73. The number of aromatic nitrogens is 2. The topological polar surface area (TPSA) is 50.2 Å². The Morgan fingerprint density at radius 2 is 2.23 bits per heavy atom. The van der Waals surface area contributed by atoms with Crippen LogP contribution in [0.4, 0.5) is 0 Å². The van der Waals surface area contributed by atoms with Gasteiger partial charge in [0, 0.05) is 42.8 Å². The molecule has 0 radical (unpaired) electrons. The Labute approximate surface area is 131 Å². The van der Waals surface area contributed by atoms with Gasteiger partial charge in [-0.15, -0.1) is 0 Å². The molecule has 5 heteroatoms. The lowest BCUT2D eigenvalue weighted by Gasteiger charge is -2.26. The summed E-state index contributed by atoms with van der Waals surface area (Å²) in [5.41, 5.74) is 1.70. The van der Waals surface area contributed by atoms with Crippen LogP contribution < -0.4 is 5.32 Å². The highest BCUT2D eigenvalue weighted by Gasteiger charge is 2.38. The average Bonchev–Trinajstić information content (AvgIpc) is 3.07. The van der Waals surface area contributed by atoms with Crippen molar-refractivity contribution in [3.8, 4) is 5.69 Å². The van der Waals surface area contributed by atoms with Gasteiger partial charge in [-0.1, -0.05) is 19.9 Å². The minimum atomic E-state index is -0.0182. The van der Waals surface area contributed by atoms with Crippen molar-refractivity contribution in [2.24, 2.45) is 5.41 Å². The Bertz CT molecular complexity index is 663. The fourth-order valence-corrected chi connectivity index (χ4v) is 3.13. The van der Waals surface area contributed by atoms with Crippen molar-refractivity contribution in [3.63, 3.8) is 0 Å². The van der Waals surface area contributed by atoms with Crippen LogP contribution in [-0.2, 0) is 0 Å². The molecule has 1 atom stereocenters. The zero-order chi connectivity index (χ0) is 15.7. The fourth-order valence-electron chi connectivity index (χ4n) is 3.13. The lowest BCUT2D eigenvalue weighted by molar-refractivity contribution is 0.0916. The van der Waals surface area contributed by atoms with E-state index in [4.69, 9.17) is 0 Å². The van der Waals surface area contributed by atoms with Crippen LogP contribution in [-0.4, -0.2) is 46.5 Å². The molecule has 1 aliphatic rings. The van der Waals surface area contributed by atoms with Crippen LogP contribution in [0.3, 0.4) is 0 Å². The average molecular weight is 298 g/mol. The SMILES string of the molecule is CN1CC(NC(=O)c2cccc(-n3ccnc3)c2)C(C)(C)C1. The van der Waals surface area contributed by atoms with Gasteiger partial charge >= 0.3 is 0 Å². The van der Waals surface area contributed by atoms with E-state index in [2.05, 4.69) is 36.1 Å². The third-order valence-corrected chi connectivity index (χ3v) is 4.33. The fraction of sp³-hybridized carbons (Fsp3) is 0.412. The summed E-state index contributed by atoms with van der Waals surface area (Å²) >= 11 is 0. The van der Waals surface area contributed by atoms with Crippen LogP contribution in [0.1, 0.15) is 24.2 Å². The molecule has 2 aromatic rings. The maximum absolute atomic E-state index is 12.6. The summed E-state index contributed by atoms with van der Waals surface area (Å²) in [6, 6.07) is 7.77.